The predicted molar refractivity (Wildman–Crippen MR) is 121 cm³/mol. The monoisotopic (exact) mass is 457 g/mol. The minimum absolute atomic E-state index is 0.157. The maximum absolute atomic E-state index is 12.5. The summed E-state index contributed by atoms with van der Waals surface area (Å²) in [4.78, 5) is 13.2. The van der Waals surface area contributed by atoms with Crippen molar-refractivity contribution in [2.75, 3.05) is 5.32 Å². The van der Waals surface area contributed by atoms with Gasteiger partial charge < -0.3 is 10.1 Å². The molecule has 5 nitrogen and oxygen atoms in total. The van der Waals surface area contributed by atoms with Crippen molar-refractivity contribution < 1.29 is 9.53 Å². The summed E-state index contributed by atoms with van der Waals surface area (Å²) in [5.41, 5.74) is 2.70. The smallest absolute Gasteiger partial charge is 0.265 e. The van der Waals surface area contributed by atoms with Gasteiger partial charge in [0.05, 0.1) is 27.7 Å². The Balaban J connectivity index is 1.33. The average molecular weight is 458 g/mol. The molecule has 0 bridgehead atoms. The molecule has 0 unspecified atom stereocenters. The van der Waals surface area contributed by atoms with Crippen LogP contribution in [0.3, 0.4) is 0 Å². The molecular weight excluding hydrogens is 441 g/mol. The van der Waals surface area contributed by atoms with Gasteiger partial charge in [0.25, 0.3) is 5.91 Å². The molecule has 0 radical (unpaired) electrons. The highest BCUT2D eigenvalue weighted by Gasteiger charge is 2.11. The number of aromatic nitrogens is 2. The number of para-hydroxylation sites is 1. The zero-order valence-electron chi connectivity index (χ0n) is 15.7. The minimum atomic E-state index is -0.157. The van der Waals surface area contributed by atoms with Crippen LogP contribution in [0.5, 0.6) is 5.75 Å². The highest BCUT2D eigenvalue weighted by atomic mass is 35.5. The summed E-state index contributed by atoms with van der Waals surface area (Å²) >= 11 is 13.4. The van der Waals surface area contributed by atoms with Crippen molar-refractivity contribution in [3.8, 4) is 5.75 Å². The maximum atomic E-state index is 12.5. The fourth-order valence-electron chi connectivity index (χ4n) is 2.79. The molecule has 30 heavy (non-hydrogen) atoms. The molecule has 4 aromatic rings. The van der Waals surface area contributed by atoms with Crippen LogP contribution in [0, 0.1) is 0 Å². The van der Waals surface area contributed by atoms with E-state index in [0.29, 0.717) is 33.8 Å². The standard InChI is InChI=1S/C22H17Cl2N3O2S/c23-17-10-25-27(12-17)11-15-5-7-18(8-6-15)26-22(28)21-9-16(14-30-21)13-29-20-4-2-1-3-19(20)24/h1-10,12,14H,11,13H2,(H,26,28). The highest BCUT2D eigenvalue weighted by Crippen LogP contribution is 2.25. The molecule has 0 aliphatic heterocycles. The van der Waals surface area contributed by atoms with E-state index in [9.17, 15) is 4.79 Å². The molecule has 2 aromatic heterocycles. The number of anilines is 1. The first-order chi connectivity index (χ1) is 14.6. The molecule has 0 spiro atoms. The van der Waals surface area contributed by atoms with Crippen molar-refractivity contribution in [2.45, 2.75) is 13.2 Å². The van der Waals surface area contributed by atoms with Gasteiger partial charge in [-0.1, -0.05) is 47.5 Å². The number of ether oxygens (including phenoxy) is 1. The predicted octanol–water partition coefficient (Wildman–Crippen LogP) is 6.13. The van der Waals surface area contributed by atoms with E-state index in [1.165, 1.54) is 11.3 Å². The molecule has 152 valence electrons. The molecule has 0 fully saturated rings. The van der Waals surface area contributed by atoms with E-state index in [0.717, 1.165) is 16.8 Å². The Morgan fingerprint density at radius 2 is 1.90 bits per heavy atom. The summed E-state index contributed by atoms with van der Waals surface area (Å²) in [5.74, 6) is 0.462. The van der Waals surface area contributed by atoms with Crippen LogP contribution in [0.1, 0.15) is 20.8 Å². The molecule has 2 aromatic carbocycles. The fourth-order valence-corrected chi connectivity index (χ4v) is 3.93. The van der Waals surface area contributed by atoms with Gasteiger partial charge in [0.15, 0.2) is 0 Å². The third kappa shape index (κ3) is 5.21. The lowest BCUT2D eigenvalue weighted by atomic mass is 10.2. The number of nitrogens with one attached hydrogen (secondary N) is 1. The SMILES string of the molecule is O=C(Nc1ccc(Cn2cc(Cl)cn2)cc1)c1cc(COc2ccccc2Cl)cs1. The molecule has 2 heterocycles. The molecule has 1 amide bonds. The lowest BCUT2D eigenvalue weighted by Gasteiger charge is -2.06. The summed E-state index contributed by atoms with van der Waals surface area (Å²) in [5, 5.41) is 10.1. The average Bonchev–Trinajstić information content (AvgIpc) is 3.38. The third-order valence-corrected chi connectivity index (χ3v) is 5.75. The number of halogens is 2. The number of hydrogen-bond donors (Lipinski definition) is 1. The van der Waals surface area contributed by atoms with Crippen LogP contribution in [-0.4, -0.2) is 15.7 Å². The van der Waals surface area contributed by atoms with Crippen molar-refractivity contribution in [3.63, 3.8) is 0 Å². The van der Waals surface area contributed by atoms with Crippen molar-refractivity contribution >= 4 is 46.1 Å². The number of amides is 1. The van der Waals surface area contributed by atoms with Gasteiger partial charge in [0, 0.05) is 17.4 Å². The van der Waals surface area contributed by atoms with Gasteiger partial charge in [0.1, 0.15) is 12.4 Å². The first-order valence-corrected chi connectivity index (χ1v) is 10.7. The molecule has 0 atom stereocenters. The Hall–Kier alpha value is -2.80. The van der Waals surface area contributed by atoms with Gasteiger partial charge in [-0.3, -0.25) is 9.48 Å². The number of carbonyl (C=O) groups excluding carboxylic acids is 1. The van der Waals surface area contributed by atoms with E-state index in [-0.39, 0.29) is 5.91 Å². The topological polar surface area (TPSA) is 56.2 Å². The van der Waals surface area contributed by atoms with Crippen LogP contribution < -0.4 is 10.1 Å². The molecule has 4 rings (SSSR count). The highest BCUT2D eigenvalue weighted by molar-refractivity contribution is 7.12. The van der Waals surface area contributed by atoms with E-state index in [1.807, 2.05) is 53.9 Å². The Kier molecular flexibility index (Phi) is 6.38. The lowest BCUT2D eigenvalue weighted by molar-refractivity contribution is 0.103. The Labute approximate surface area is 187 Å². The summed E-state index contributed by atoms with van der Waals surface area (Å²) in [7, 11) is 0. The number of benzene rings is 2. The van der Waals surface area contributed by atoms with Gasteiger partial charge in [-0.2, -0.15) is 5.10 Å². The first kappa shape index (κ1) is 20.5. The maximum Gasteiger partial charge on any atom is 0.265 e. The number of thiophene rings is 1. The Morgan fingerprint density at radius 3 is 2.63 bits per heavy atom. The number of nitrogens with zero attached hydrogens (tertiary/aromatic N) is 2. The van der Waals surface area contributed by atoms with Crippen LogP contribution >= 0.6 is 34.5 Å². The molecular formula is C22H17Cl2N3O2S. The van der Waals surface area contributed by atoms with Gasteiger partial charge in [-0.05, 0) is 41.3 Å². The summed E-state index contributed by atoms with van der Waals surface area (Å²) in [6.45, 7) is 0.959. The van der Waals surface area contributed by atoms with Crippen LogP contribution in [-0.2, 0) is 13.2 Å². The fraction of sp³-hybridized carbons (Fsp3) is 0.0909. The summed E-state index contributed by atoms with van der Waals surface area (Å²) in [6.07, 6.45) is 3.37. The van der Waals surface area contributed by atoms with Gasteiger partial charge in [0.2, 0.25) is 0 Å². The molecule has 0 saturated heterocycles. The minimum Gasteiger partial charge on any atom is -0.487 e. The van der Waals surface area contributed by atoms with Crippen LogP contribution in [0.4, 0.5) is 5.69 Å². The summed E-state index contributed by atoms with van der Waals surface area (Å²) in [6, 6.07) is 16.8. The molecule has 0 aliphatic rings. The van der Waals surface area contributed by atoms with E-state index in [1.54, 1.807) is 23.1 Å². The number of hydrogen-bond acceptors (Lipinski definition) is 4. The zero-order chi connectivity index (χ0) is 20.9. The molecule has 0 aliphatic carbocycles. The van der Waals surface area contributed by atoms with Crippen molar-refractivity contribution in [2.24, 2.45) is 0 Å². The number of carbonyl (C=O) groups is 1. The van der Waals surface area contributed by atoms with Crippen LogP contribution in [0.25, 0.3) is 0 Å². The lowest BCUT2D eigenvalue weighted by Crippen LogP contribution is -2.10. The van der Waals surface area contributed by atoms with Crippen LogP contribution in [0.15, 0.2) is 72.4 Å². The normalized spacial score (nSPS) is 10.7. The van der Waals surface area contributed by atoms with E-state index >= 15 is 0 Å². The molecule has 1 N–H and O–H groups in total. The molecule has 8 heteroatoms. The molecule has 0 saturated carbocycles. The second-order valence-corrected chi connectivity index (χ2v) is 8.30. The second-order valence-electron chi connectivity index (χ2n) is 6.55. The largest absolute Gasteiger partial charge is 0.487 e. The summed E-state index contributed by atoms with van der Waals surface area (Å²) < 4.78 is 7.48. The van der Waals surface area contributed by atoms with Gasteiger partial charge in [-0.25, -0.2) is 0 Å². The van der Waals surface area contributed by atoms with Gasteiger partial charge >= 0.3 is 0 Å². The van der Waals surface area contributed by atoms with Crippen molar-refractivity contribution in [1.82, 2.24) is 9.78 Å². The second kappa shape index (κ2) is 9.34. The Bertz CT molecular complexity index is 1160. The van der Waals surface area contributed by atoms with Crippen LogP contribution in [0.2, 0.25) is 10.0 Å². The van der Waals surface area contributed by atoms with E-state index < -0.39 is 0 Å². The van der Waals surface area contributed by atoms with Crippen molar-refractivity contribution in [3.05, 3.63) is 98.4 Å². The number of rotatable bonds is 7. The first-order valence-electron chi connectivity index (χ1n) is 9.10. The zero-order valence-corrected chi connectivity index (χ0v) is 18.0. The van der Waals surface area contributed by atoms with Crippen molar-refractivity contribution in [1.29, 1.82) is 0 Å². The van der Waals surface area contributed by atoms with E-state index in [2.05, 4.69) is 10.4 Å². The third-order valence-electron chi connectivity index (χ3n) is 4.27. The Morgan fingerprint density at radius 1 is 1.10 bits per heavy atom. The van der Waals surface area contributed by atoms with E-state index in [4.69, 9.17) is 27.9 Å². The quantitative estimate of drug-likeness (QED) is 0.363. The van der Waals surface area contributed by atoms with Gasteiger partial charge in [-0.15, -0.1) is 11.3 Å².